The monoisotopic (exact) mass is 519 g/mol. The first-order valence-corrected chi connectivity index (χ1v) is 13.6. The quantitative estimate of drug-likeness (QED) is 0.375. The SMILES string of the molecule is C1CCC(NC2CCCCC2)CC1.CC(C)(C)OC(=O)NC(CNC(=O)OCc1ccccc1)C(=O)O. The molecule has 3 rings (SSSR count). The molecule has 0 radical (unpaired) electrons. The molecule has 2 fully saturated rings. The smallest absolute Gasteiger partial charge is 0.408 e. The molecule has 1 unspecified atom stereocenters. The van der Waals surface area contributed by atoms with Crippen LogP contribution in [0.5, 0.6) is 0 Å². The second-order valence-corrected chi connectivity index (χ2v) is 10.8. The van der Waals surface area contributed by atoms with Gasteiger partial charge in [-0.15, -0.1) is 0 Å². The van der Waals surface area contributed by atoms with E-state index in [0.717, 1.165) is 17.6 Å². The summed E-state index contributed by atoms with van der Waals surface area (Å²) >= 11 is 0. The summed E-state index contributed by atoms with van der Waals surface area (Å²) < 4.78 is 9.93. The predicted octanol–water partition coefficient (Wildman–Crippen LogP) is 5.13. The first-order valence-electron chi connectivity index (χ1n) is 13.6. The molecule has 37 heavy (non-hydrogen) atoms. The number of carboxylic acids is 1. The minimum atomic E-state index is -1.33. The maximum absolute atomic E-state index is 11.6. The number of ether oxygens (including phenoxy) is 2. The van der Waals surface area contributed by atoms with E-state index in [2.05, 4.69) is 16.0 Å². The Balaban J connectivity index is 0.000000308. The Morgan fingerprint density at radius 1 is 0.892 bits per heavy atom. The van der Waals surface area contributed by atoms with Gasteiger partial charge in [0.2, 0.25) is 0 Å². The van der Waals surface area contributed by atoms with E-state index < -0.39 is 29.8 Å². The van der Waals surface area contributed by atoms with Gasteiger partial charge in [0.25, 0.3) is 0 Å². The lowest BCUT2D eigenvalue weighted by Crippen LogP contribution is -2.49. The standard InChI is InChI=1S/C16H22N2O6.C12H23N/c1-16(2,3)24-15(22)18-12(13(19)20)9-17-14(21)23-10-11-7-5-4-6-8-11;1-3-7-11(8-4-1)13-12-9-5-2-6-10-12/h4-8,12H,9-10H2,1-3H3,(H,17,21)(H,18,22)(H,19,20);11-13H,1-10H2. The molecule has 0 saturated heterocycles. The summed E-state index contributed by atoms with van der Waals surface area (Å²) in [6, 6.07) is 9.44. The van der Waals surface area contributed by atoms with Crippen LogP contribution in [-0.2, 0) is 20.9 Å². The second-order valence-electron chi connectivity index (χ2n) is 10.8. The highest BCUT2D eigenvalue weighted by atomic mass is 16.6. The van der Waals surface area contributed by atoms with Gasteiger partial charge in [0.1, 0.15) is 18.2 Å². The summed E-state index contributed by atoms with van der Waals surface area (Å²) in [7, 11) is 0. The molecular weight excluding hydrogens is 474 g/mol. The lowest BCUT2D eigenvalue weighted by Gasteiger charge is -2.30. The van der Waals surface area contributed by atoms with Crippen LogP contribution in [0.2, 0.25) is 0 Å². The number of rotatable bonds is 8. The fourth-order valence-corrected chi connectivity index (χ4v) is 4.48. The van der Waals surface area contributed by atoms with Gasteiger partial charge >= 0.3 is 18.2 Å². The van der Waals surface area contributed by atoms with E-state index in [1.54, 1.807) is 32.9 Å². The highest BCUT2D eigenvalue weighted by Crippen LogP contribution is 2.22. The number of nitrogens with one attached hydrogen (secondary N) is 3. The van der Waals surface area contributed by atoms with Gasteiger partial charge in [0.15, 0.2) is 0 Å². The molecule has 9 nitrogen and oxygen atoms in total. The first kappa shape index (κ1) is 30.4. The summed E-state index contributed by atoms with van der Waals surface area (Å²) in [6.07, 6.45) is 12.9. The molecule has 4 N–H and O–H groups in total. The van der Waals surface area contributed by atoms with E-state index >= 15 is 0 Å². The van der Waals surface area contributed by atoms with Crippen LogP contribution in [0.15, 0.2) is 30.3 Å². The fraction of sp³-hybridized carbons (Fsp3) is 0.679. The number of hydrogen-bond donors (Lipinski definition) is 4. The average molecular weight is 520 g/mol. The Hall–Kier alpha value is -2.81. The molecule has 1 aromatic carbocycles. The Kier molecular flexibility index (Phi) is 13.3. The fourth-order valence-electron chi connectivity index (χ4n) is 4.48. The lowest BCUT2D eigenvalue weighted by atomic mass is 9.91. The van der Waals surface area contributed by atoms with Gasteiger partial charge in [0, 0.05) is 12.1 Å². The molecular formula is C28H45N3O6. The average Bonchev–Trinajstić information content (AvgIpc) is 2.86. The van der Waals surface area contributed by atoms with Crippen LogP contribution in [0.1, 0.15) is 90.5 Å². The van der Waals surface area contributed by atoms with Crippen LogP contribution in [0.4, 0.5) is 9.59 Å². The van der Waals surface area contributed by atoms with Crippen LogP contribution >= 0.6 is 0 Å². The van der Waals surface area contributed by atoms with Crippen molar-refractivity contribution in [3.8, 4) is 0 Å². The molecule has 1 atom stereocenters. The van der Waals surface area contributed by atoms with Gasteiger partial charge < -0.3 is 30.5 Å². The zero-order valence-corrected chi connectivity index (χ0v) is 22.6. The minimum absolute atomic E-state index is 0.0594. The van der Waals surface area contributed by atoms with Crippen LogP contribution in [0.3, 0.4) is 0 Å². The van der Waals surface area contributed by atoms with Crippen molar-refractivity contribution in [2.24, 2.45) is 0 Å². The molecule has 2 amide bonds. The third-order valence-corrected chi connectivity index (χ3v) is 6.33. The number of benzene rings is 1. The predicted molar refractivity (Wildman–Crippen MR) is 142 cm³/mol. The van der Waals surface area contributed by atoms with Crippen LogP contribution in [0.25, 0.3) is 0 Å². The van der Waals surface area contributed by atoms with Crippen molar-refractivity contribution >= 4 is 18.2 Å². The Morgan fingerprint density at radius 3 is 1.92 bits per heavy atom. The molecule has 2 aliphatic rings. The highest BCUT2D eigenvalue weighted by molar-refractivity contribution is 5.81. The van der Waals surface area contributed by atoms with E-state index in [4.69, 9.17) is 14.6 Å². The van der Waals surface area contributed by atoms with E-state index in [0.29, 0.717) is 0 Å². The number of aliphatic carboxylic acids is 1. The van der Waals surface area contributed by atoms with Gasteiger partial charge in [-0.2, -0.15) is 0 Å². The number of hydrogen-bond acceptors (Lipinski definition) is 6. The topological polar surface area (TPSA) is 126 Å². The van der Waals surface area contributed by atoms with Crippen molar-refractivity contribution in [2.75, 3.05) is 6.54 Å². The van der Waals surface area contributed by atoms with Crippen molar-refractivity contribution in [3.05, 3.63) is 35.9 Å². The molecule has 0 aliphatic heterocycles. The van der Waals surface area contributed by atoms with E-state index in [9.17, 15) is 14.4 Å². The maximum atomic E-state index is 11.6. The summed E-state index contributed by atoms with van der Waals surface area (Å²) in [5, 5.41) is 17.4. The van der Waals surface area contributed by atoms with Gasteiger partial charge in [-0.1, -0.05) is 68.9 Å². The van der Waals surface area contributed by atoms with E-state index in [1.807, 2.05) is 18.2 Å². The van der Waals surface area contributed by atoms with Crippen molar-refractivity contribution in [3.63, 3.8) is 0 Å². The highest BCUT2D eigenvalue weighted by Gasteiger charge is 2.24. The summed E-state index contributed by atoms with van der Waals surface area (Å²) in [5.41, 5.74) is 0.0455. The van der Waals surface area contributed by atoms with Gasteiger partial charge in [-0.3, -0.25) is 0 Å². The first-order chi connectivity index (χ1) is 17.6. The second kappa shape index (κ2) is 16.1. The number of alkyl carbamates (subject to hydrolysis) is 2. The third-order valence-electron chi connectivity index (χ3n) is 6.33. The zero-order chi connectivity index (χ0) is 27.1. The Bertz CT molecular complexity index is 799. The Labute approximate surface area is 221 Å². The minimum Gasteiger partial charge on any atom is -0.480 e. The van der Waals surface area contributed by atoms with Gasteiger partial charge in [-0.05, 0) is 52.0 Å². The largest absolute Gasteiger partial charge is 0.480 e. The molecule has 0 heterocycles. The maximum Gasteiger partial charge on any atom is 0.408 e. The van der Waals surface area contributed by atoms with Gasteiger partial charge in [0.05, 0.1) is 6.54 Å². The van der Waals surface area contributed by atoms with Crippen molar-refractivity contribution in [1.82, 2.24) is 16.0 Å². The number of amides is 2. The van der Waals surface area contributed by atoms with Crippen LogP contribution < -0.4 is 16.0 Å². The molecule has 0 aromatic heterocycles. The van der Waals surface area contributed by atoms with Crippen molar-refractivity contribution in [1.29, 1.82) is 0 Å². The lowest BCUT2D eigenvalue weighted by molar-refractivity contribution is -0.139. The summed E-state index contributed by atoms with van der Waals surface area (Å²) in [5.74, 6) is -1.30. The Morgan fingerprint density at radius 2 is 1.43 bits per heavy atom. The third kappa shape index (κ3) is 13.9. The summed E-state index contributed by atoms with van der Waals surface area (Å²) in [6.45, 7) is 4.69. The molecule has 208 valence electrons. The van der Waals surface area contributed by atoms with Gasteiger partial charge in [-0.25, -0.2) is 14.4 Å². The molecule has 0 spiro atoms. The zero-order valence-electron chi connectivity index (χ0n) is 22.6. The normalized spacial score (nSPS) is 17.5. The van der Waals surface area contributed by atoms with Crippen molar-refractivity contribution in [2.45, 2.75) is 115 Å². The van der Waals surface area contributed by atoms with Crippen molar-refractivity contribution < 1.29 is 29.0 Å². The number of carbonyl (C=O) groups is 3. The van der Waals surface area contributed by atoms with Crippen LogP contribution in [-0.4, -0.2) is 53.5 Å². The molecule has 1 aromatic rings. The molecule has 9 heteroatoms. The number of carbonyl (C=O) groups excluding carboxylic acids is 2. The molecule has 2 aliphatic carbocycles. The van der Waals surface area contributed by atoms with E-state index in [1.165, 1.54) is 64.2 Å². The van der Waals surface area contributed by atoms with Crippen LogP contribution in [0, 0.1) is 0 Å². The molecule has 2 saturated carbocycles. The van der Waals surface area contributed by atoms with E-state index in [-0.39, 0.29) is 13.2 Å². The summed E-state index contributed by atoms with van der Waals surface area (Å²) in [4.78, 5) is 34.3. The molecule has 0 bridgehead atoms. The number of carboxylic acid groups (broad SMARTS) is 1.